The maximum Gasteiger partial charge on any atom is 0.254 e. The number of piperazine rings is 1. The van der Waals surface area contributed by atoms with Gasteiger partial charge in [0.05, 0.1) is 18.2 Å². The van der Waals surface area contributed by atoms with Gasteiger partial charge < -0.3 is 20.4 Å². The van der Waals surface area contributed by atoms with Crippen LogP contribution in [0.25, 0.3) is 32.9 Å². The van der Waals surface area contributed by atoms with Crippen LogP contribution in [0.5, 0.6) is 5.75 Å². The van der Waals surface area contributed by atoms with Crippen molar-refractivity contribution in [1.29, 1.82) is 0 Å². The Morgan fingerprint density at radius 2 is 1.72 bits per heavy atom. The predicted molar refractivity (Wildman–Crippen MR) is 139 cm³/mol. The molecular formula is C28H29FN4O3. The lowest BCUT2D eigenvalue weighted by atomic mass is 9.98. The number of amides is 2. The van der Waals surface area contributed by atoms with Gasteiger partial charge in [0.15, 0.2) is 11.6 Å². The zero-order valence-corrected chi connectivity index (χ0v) is 20.8. The van der Waals surface area contributed by atoms with Crippen LogP contribution in [-0.4, -0.2) is 65.9 Å². The SMILES string of the molecule is COc1ccc(-c2cc(C(N)=O)c3[nH]c4cc(C(=O)N5C[C@@H](C)N(C)[C@@H](C)C5)ccc4c3c2)cc1F. The van der Waals surface area contributed by atoms with Crippen LogP contribution in [0.1, 0.15) is 34.6 Å². The van der Waals surface area contributed by atoms with Gasteiger partial charge in [0.1, 0.15) is 0 Å². The third-order valence-electron chi connectivity index (χ3n) is 7.35. The van der Waals surface area contributed by atoms with Gasteiger partial charge in [0.25, 0.3) is 11.8 Å². The molecular weight excluding hydrogens is 459 g/mol. The second-order valence-corrected chi connectivity index (χ2v) is 9.62. The fourth-order valence-corrected chi connectivity index (χ4v) is 5.10. The van der Waals surface area contributed by atoms with Crippen molar-refractivity contribution in [2.75, 3.05) is 27.2 Å². The number of aromatic nitrogens is 1. The van der Waals surface area contributed by atoms with Gasteiger partial charge in [-0.3, -0.25) is 14.5 Å². The first kappa shape index (κ1) is 23.8. The van der Waals surface area contributed by atoms with E-state index in [2.05, 4.69) is 30.8 Å². The van der Waals surface area contributed by atoms with Crippen LogP contribution in [0.2, 0.25) is 0 Å². The minimum absolute atomic E-state index is 0.0214. The fourth-order valence-electron chi connectivity index (χ4n) is 5.10. The van der Waals surface area contributed by atoms with Gasteiger partial charge in [-0.1, -0.05) is 12.1 Å². The molecule has 0 aliphatic carbocycles. The van der Waals surface area contributed by atoms with E-state index in [4.69, 9.17) is 10.5 Å². The number of nitrogens with one attached hydrogen (secondary N) is 1. The lowest BCUT2D eigenvalue weighted by Gasteiger charge is -2.42. The Labute approximate surface area is 208 Å². The molecule has 8 heteroatoms. The molecule has 2 heterocycles. The molecule has 0 saturated carbocycles. The van der Waals surface area contributed by atoms with E-state index in [9.17, 15) is 14.0 Å². The molecule has 2 amide bonds. The molecule has 0 spiro atoms. The average Bonchev–Trinajstić information content (AvgIpc) is 3.23. The Morgan fingerprint density at radius 3 is 2.36 bits per heavy atom. The third-order valence-corrected chi connectivity index (χ3v) is 7.35. The molecule has 2 atom stereocenters. The molecule has 1 saturated heterocycles. The van der Waals surface area contributed by atoms with Crippen LogP contribution in [0, 0.1) is 5.82 Å². The highest BCUT2D eigenvalue weighted by Crippen LogP contribution is 2.34. The van der Waals surface area contributed by atoms with Crippen LogP contribution < -0.4 is 10.5 Å². The number of carbonyl (C=O) groups excluding carboxylic acids is 2. The monoisotopic (exact) mass is 488 g/mol. The maximum absolute atomic E-state index is 14.4. The van der Waals surface area contributed by atoms with Crippen LogP contribution in [-0.2, 0) is 0 Å². The number of H-pyrrole nitrogens is 1. The number of hydrogen-bond donors (Lipinski definition) is 2. The molecule has 1 fully saturated rings. The van der Waals surface area contributed by atoms with Gasteiger partial charge in [-0.25, -0.2) is 4.39 Å². The Morgan fingerprint density at radius 1 is 1.00 bits per heavy atom. The number of methoxy groups -OCH3 is 1. The Hall–Kier alpha value is -3.91. The quantitative estimate of drug-likeness (QED) is 0.446. The largest absolute Gasteiger partial charge is 0.494 e. The van der Waals surface area contributed by atoms with Gasteiger partial charge in [-0.05, 0) is 68.4 Å². The number of rotatable bonds is 4. The van der Waals surface area contributed by atoms with Crippen molar-refractivity contribution in [1.82, 2.24) is 14.8 Å². The number of halogens is 1. The number of nitrogens with zero attached hydrogens (tertiary/aromatic N) is 2. The van der Waals surface area contributed by atoms with E-state index in [-0.39, 0.29) is 23.7 Å². The van der Waals surface area contributed by atoms with E-state index in [1.54, 1.807) is 18.2 Å². The summed E-state index contributed by atoms with van der Waals surface area (Å²) in [6.07, 6.45) is 0. The van der Waals surface area contributed by atoms with E-state index in [1.807, 2.05) is 29.2 Å². The number of carbonyl (C=O) groups is 2. The first-order chi connectivity index (χ1) is 17.2. The number of benzene rings is 3. The van der Waals surface area contributed by atoms with E-state index >= 15 is 0 Å². The molecule has 1 aliphatic heterocycles. The minimum Gasteiger partial charge on any atom is -0.494 e. The van der Waals surface area contributed by atoms with Crippen molar-refractivity contribution in [2.45, 2.75) is 25.9 Å². The molecule has 36 heavy (non-hydrogen) atoms. The predicted octanol–water partition coefficient (Wildman–Crippen LogP) is 4.40. The topological polar surface area (TPSA) is 91.7 Å². The lowest BCUT2D eigenvalue weighted by molar-refractivity contribution is 0.0414. The molecule has 7 nitrogen and oxygen atoms in total. The Balaban J connectivity index is 1.59. The van der Waals surface area contributed by atoms with Crippen molar-refractivity contribution >= 4 is 33.6 Å². The summed E-state index contributed by atoms with van der Waals surface area (Å²) in [6.45, 7) is 5.57. The van der Waals surface area contributed by atoms with Gasteiger partial charge in [0, 0.05) is 47.0 Å². The van der Waals surface area contributed by atoms with E-state index < -0.39 is 11.7 Å². The number of nitrogens with two attached hydrogens (primary N) is 1. The zero-order chi connectivity index (χ0) is 25.7. The molecule has 5 rings (SSSR count). The summed E-state index contributed by atoms with van der Waals surface area (Å²) in [5.41, 5.74) is 9.15. The number of primary amides is 1. The smallest absolute Gasteiger partial charge is 0.254 e. The van der Waals surface area contributed by atoms with E-state index in [1.165, 1.54) is 13.2 Å². The van der Waals surface area contributed by atoms with Crippen LogP contribution in [0.3, 0.4) is 0 Å². The van der Waals surface area contributed by atoms with Crippen LogP contribution >= 0.6 is 0 Å². The lowest BCUT2D eigenvalue weighted by Crippen LogP contribution is -2.56. The fraction of sp³-hybridized carbons (Fsp3) is 0.286. The zero-order valence-electron chi connectivity index (χ0n) is 20.8. The second kappa shape index (κ2) is 8.95. The highest BCUT2D eigenvalue weighted by atomic mass is 19.1. The summed E-state index contributed by atoms with van der Waals surface area (Å²) in [7, 11) is 3.49. The molecule has 4 aromatic rings. The summed E-state index contributed by atoms with van der Waals surface area (Å²) in [6, 6.07) is 14.3. The molecule has 1 aromatic heterocycles. The standard InChI is InChI=1S/C28H29FN4O3/c1-15-13-33(14-16(2)32(15)3)28(35)18-5-7-20-21-9-19(17-6-8-25(36-4)23(29)11-17)10-22(27(30)34)26(21)31-24(20)12-18/h5-12,15-16,31H,13-14H2,1-4H3,(H2,30,34)/t15-,16+. The number of aromatic amines is 1. The van der Waals surface area contributed by atoms with Gasteiger partial charge in [-0.2, -0.15) is 0 Å². The number of likely N-dealkylation sites (N-methyl/N-ethyl adjacent to an activating group) is 1. The number of hydrogen-bond acceptors (Lipinski definition) is 4. The molecule has 0 bridgehead atoms. The maximum atomic E-state index is 14.4. The van der Waals surface area contributed by atoms with E-state index in [0.717, 1.165) is 16.3 Å². The second-order valence-electron chi connectivity index (χ2n) is 9.62. The van der Waals surface area contributed by atoms with Crippen LogP contribution in [0.4, 0.5) is 4.39 Å². The number of ether oxygens (including phenoxy) is 1. The summed E-state index contributed by atoms with van der Waals surface area (Å²) < 4.78 is 19.4. The summed E-state index contributed by atoms with van der Waals surface area (Å²) >= 11 is 0. The van der Waals surface area contributed by atoms with Gasteiger partial charge >= 0.3 is 0 Å². The highest BCUT2D eigenvalue weighted by Gasteiger charge is 2.30. The van der Waals surface area contributed by atoms with Gasteiger partial charge in [0.2, 0.25) is 0 Å². The first-order valence-electron chi connectivity index (χ1n) is 11.9. The van der Waals surface area contributed by atoms with Crippen molar-refractivity contribution in [2.24, 2.45) is 5.73 Å². The van der Waals surface area contributed by atoms with E-state index in [0.29, 0.717) is 40.9 Å². The Bertz CT molecular complexity index is 1500. The minimum atomic E-state index is -0.598. The van der Waals surface area contributed by atoms with Crippen molar-refractivity contribution in [3.8, 4) is 16.9 Å². The summed E-state index contributed by atoms with van der Waals surface area (Å²) in [4.78, 5) is 33.1. The first-order valence-corrected chi connectivity index (χ1v) is 11.9. The molecule has 3 N–H and O–H groups in total. The molecule has 0 unspecified atom stereocenters. The van der Waals surface area contributed by atoms with Crippen molar-refractivity contribution in [3.05, 3.63) is 65.5 Å². The molecule has 186 valence electrons. The normalized spacial score (nSPS) is 18.6. The molecule has 3 aromatic carbocycles. The number of fused-ring (bicyclic) bond motifs is 3. The summed E-state index contributed by atoms with van der Waals surface area (Å²) in [5, 5.41) is 1.62. The molecule has 0 radical (unpaired) electrons. The van der Waals surface area contributed by atoms with Crippen molar-refractivity contribution < 1.29 is 18.7 Å². The Kier molecular flexibility index (Phi) is 5.92. The average molecular weight is 489 g/mol. The van der Waals surface area contributed by atoms with Gasteiger partial charge in [-0.15, -0.1) is 0 Å². The third kappa shape index (κ3) is 3.97. The molecule has 1 aliphatic rings. The van der Waals surface area contributed by atoms with Crippen molar-refractivity contribution in [3.63, 3.8) is 0 Å². The summed E-state index contributed by atoms with van der Waals surface area (Å²) in [5.74, 6) is -0.972. The van der Waals surface area contributed by atoms with Crippen LogP contribution in [0.15, 0.2) is 48.5 Å². The highest BCUT2D eigenvalue weighted by molar-refractivity contribution is 6.17.